The normalized spacial score (nSPS) is 17.0. The van der Waals surface area contributed by atoms with Crippen LogP contribution in [-0.4, -0.2) is 17.6 Å². The molecule has 0 aliphatic heterocycles. The summed E-state index contributed by atoms with van der Waals surface area (Å²) in [5.41, 5.74) is 2.07. The van der Waals surface area contributed by atoms with E-state index < -0.39 is 5.97 Å². The summed E-state index contributed by atoms with van der Waals surface area (Å²) in [6, 6.07) is 0. The van der Waals surface area contributed by atoms with Crippen molar-refractivity contribution in [3.05, 3.63) is 23.9 Å². The predicted octanol–water partition coefficient (Wildman–Crippen LogP) is 1.28. The van der Waals surface area contributed by atoms with Crippen LogP contribution in [0.5, 0.6) is 0 Å². The van der Waals surface area contributed by atoms with Crippen molar-refractivity contribution in [1.82, 2.24) is 5.32 Å². The Labute approximate surface area is 71.8 Å². The van der Waals surface area contributed by atoms with Gasteiger partial charge in [-0.3, -0.25) is 4.79 Å². The number of hydrogen-bond donors (Lipinski definition) is 2. The lowest BCUT2D eigenvalue weighted by Crippen LogP contribution is -2.22. The number of allylic oxidation sites excluding steroid dienone is 3. The lowest BCUT2D eigenvalue weighted by molar-refractivity contribution is -0.135. The van der Waals surface area contributed by atoms with Crippen LogP contribution in [0, 0.1) is 0 Å². The standard InChI is InChI=1S/C9H13NO2/c1-7-3-2-4-8(5-7)10-6-9(11)12/h5,10H,1-4,6H2,(H,11,12). The Bertz CT molecular complexity index is 231. The van der Waals surface area contributed by atoms with Gasteiger partial charge in [-0.15, -0.1) is 0 Å². The van der Waals surface area contributed by atoms with Gasteiger partial charge in [0.2, 0.25) is 0 Å². The Morgan fingerprint density at radius 1 is 1.67 bits per heavy atom. The molecule has 0 bridgehead atoms. The molecule has 0 aromatic carbocycles. The Hall–Kier alpha value is -1.25. The van der Waals surface area contributed by atoms with Crippen LogP contribution in [0.3, 0.4) is 0 Å². The second-order valence-electron chi connectivity index (χ2n) is 2.93. The molecule has 0 fully saturated rings. The zero-order chi connectivity index (χ0) is 8.97. The topological polar surface area (TPSA) is 49.3 Å². The van der Waals surface area contributed by atoms with Gasteiger partial charge in [0, 0.05) is 5.70 Å². The molecule has 1 aliphatic carbocycles. The molecule has 2 N–H and O–H groups in total. The molecule has 12 heavy (non-hydrogen) atoms. The highest BCUT2D eigenvalue weighted by atomic mass is 16.4. The molecular weight excluding hydrogens is 154 g/mol. The Morgan fingerprint density at radius 3 is 3.00 bits per heavy atom. The van der Waals surface area contributed by atoms with Crippen molar-refractivity contribution in [1.29, 1.82) is 0 Å². The quantitative estimate of drug-likeness (QED) is 0.665. The fraction of sp³-hybridized carbons (Fsp3) is 0.444. The monoisotopic (exact) mass is 167 g/mol. The van der Waals surface area contributed by atoms with Crippen LogP contribution >= 0.6 is 0 Å². The van der Waals surface area contributed by atoms with Crippen molar-refractivity contribution in [2.45, 2.75) is 19.3 Å². The summed E-state index contributed by atoms with van der Waals surface area (Å²) in [5.74, 6) is -0.827. The number of rotatable bonds is 3. The largest absolute Gasteiger partial charge is 0.480 e. The van der Waals surface area contributed by atoms with E-state index in [2.05, 4.69) is 11.9 Å². The minimum absolute atomic E-state index is 0.000880. The van der Waals surface area contributed by atoms with Gasteiger partial charge in [0.1, 0.15) is 6.54 Å². The van der Waals surface area contributed by atoms with Crippen LogP contribution in [-0.2, 0) is 4.79 Å². The molecule has 0 aromatic rings. The minimum Gasteiger partial charge on any atom is -0.480 e. The molecule has 0 atom stereocenters. The van der Waals surface area contributed by atoms with E-state index >= 15 is 0 Å². The van der Waals surface area contributed by atoms with Gasteiger partial charge in [0.15, 0.2) is 0 Å². The van der Waals surface area contributed by atoms with Crippen LogP contribution in [0.15, 0.2) is 23.9 Å². The smallest absolute Gasteiger partial charge is 0.322 e. The van der Waals surface area contributed by atoms with Crippen molar-refractivity contribution in [2.24, 2.45) is 0 Å². The zero-order valence-electron chi connectivity index (χ0n) is 6.97. The van der Waals surface area contributed by atoms with Gasteiger partial charge in [0.25, 0.3) is 0 Å². The second kappa shape index (κ2) is 3.95. The first kappa shape index (κ1) is 8.84. The fourth-order valence-electron chi connectivity index (χ4n) is 1.23. The maximum Gasteiger partial charge on any atom is 0.322 e. The van der Waals surface area contributed by atoms with E-state index in [1.54, 1.807) is 0 Å². The van der Waals surface area contributed by atoms with Gasteiger partial charge in [-0.05, 0) is 25.3 Å². The van der Waals surface area contributed by atoms with E-state index in [4.69, 9.17) is 5.11 Å². The first-order chi connectivity index (χ1) is 5.68. The molecule has 0 heterocycles. The van der Waals surface area contributed by atoms with Crippen molar-refractivity contribution < 1.29 is 9.90 Å². The third kappa shape index (κ3) is 2.78. The van der Waals surface area contributed by atoms with Gasteiger partial charge in [0.05, 0.1) is 0 Å². The summed E-state index contributed by atoms with van der Waals surface area (Å²) in [6.07, 6.45) is 4.97. The summed E-state index contributed by atoms with van der Waals surface area (Å²) >= 11 is 0. The molecule has 3 heteroatoms. The summed E-state index contributed by atoms with van der Waals surface area (Å²) in [4.78, 5) is 10.2. The highest BCUT2D eigenvalue weighted by Crippen LogP contribution is 2.18. The predicted molar refractivity (Wildman–Crippen MR) is 46.7 cm³/mol. The van der Waals surface area contributed by atoms with Gasteiger partial charge >= 0.3 is 5.97 Å². The molecule has 3 nitrogen and oxygen atoms in total. The average molecular weight is 167 g/mol. The first-order valence-electron chi connectivity index (χ1n) is 4.02. The van der Waals surface area contributed by atoms with Gasteiger partial charge in [-0.1, -0.05) is 12.2 Å². The van der Waals surface area contributed by atoms with E-state index in [1.807, 2.05) is 6.08 Å². The Morgan fingerprint density at radius 2 is 2.42 bits per heavy atom. The van der Waals surface area contributed by atoms with Gasteiger partial charge < -0.3 is 10.4 Å². The van der Waals surface area contributed by atoms with Gasteiger partial charge in [-0.25, -0.2) is 0 Å². The Balaban J connectivity index is 2.40. The molecule has 1 aliphatic rings. The number of carboxylic acid groups (broad SMARTS) is 1. The highest BCUT2D eigenvalue weighted by molar-refractivity contribution is 5.69. The lowest BCUT2D eigenvalue weighted by Gasteiger charge is -2.14. The molecule has 1 rings (SSSR count). The first-order valence-corrected chi connectivity index (χ1v) is 4.02. The number of carboxylic acids is 1. The fourth-order valence-corrected chi connectivity index (χ4v) is 1.23. The van der Waals surface area contributed by atoms with Crippen LogP contribution in [0.25, 0.3) is 0 Å². The van der Waals surface area contributed by atoms with E-state index in [9.17, 15) is 4.79 Å². The molecule has 0 amide bonds. The molecule has 0 spiro atoms. The summed E-state index contributed by atoms with van der Waals surface area (Å²) < 4.78 is 0. The number of carbonyl (C=O) groups is 1. The van der Waals surface area contributed by atoms with Crippen molar-refractivity contribution >= 4 is 5.97 Å². The van der Waals surface area contributed by atoms with E-state index in [0.29, 0.717) is 0 Å². The number of hydrogen-bond acceptors (Lipinski definition) is 2. The SMILES string of the molecule is C=C1C=C(NCC(=O)O)CCC1. The van der Waals surface area contributed by atoms with Crippen LogP contribution in [0.2, 0.25) is 0 Å². The third-order valence-corrected chi connectivity index (χ3v) is 1.79. The average Bonchev–Trinajstić information content (AvgIpc) is 2.01. The van der Waals surface area contributed by atoms with E-state index in [-0.39, 0.29) is 6.54 Å². The van der Waals surface area contributed by atoms with Crippen molar-refractivity contribution in [2.75, 3.05) is 6.54 Å². The summed E-state index contributed by atoms with van der Waals surface area (Å²) in [5, 5.41) is 11.3. The molecule has 0 unspecified atom stereocenters. The number of aliphatic carboxylic acids is 1. The molecule has 0 aromatic heterocycles. The summed E-state index contributed by atoms with van der Waals surface area (Å²) in [6.45, 7) is 3.83. The highest BCUT2D eigenvalue weighted by Gasteiger charge is 2.06. The van der Waals surface area contributed by atoms with E-state index in [0.717, 1.165) is 30.5 Å². The lowest BCUT2D eigenvalue weighted by atomic mass is 10.0. The van der Waals surface area contributed by atoms with E-state index in [1.165, 1.54) is 0 Å². The molecule has 0 saturated heterocycles. The van der Waals surface area contributed by atoms with Crippen molar-refractivity contribution in [3.8, 4) is 0 Å². The maximum absolute atomic E-state index is 10.2. The van der Waals surface area contributed by atoms with Crippen LogP contribution in [0.1, 0.15) is 19.3 Å². The van der Waals surface area contributed by atoms with Crippen LogP contribution < -0.4 is 5.32 Å². The maximum atomic E-state index is 10.2. The summed E-state index contributed by atoms with van der Waals surface area (Å²) in [7, 11) is 0. The third-order valence-electron chi connectivity index (χ3n) is 1.79. The van der Waals surface area contributed by atoms with Gasteiger partial charge in [-0.2, -0.15) is 0 Å². The molecule has 0 saturated carbocycles. The van der Waals surface area contributed by atoms with Crippen molar-refractivity contribution in [3.63, 3.8) is 0 Å². The molecular formula is C9H13NO2. The second-order valence-corrected chi connectivity index (χ2v) is 2.93. The molecule has 66 valence electrons. The zero-order valence-corrected chi connectivity index (χ0v) is 6.97. The number of nitrogens with one attached hydrogen (secondary N) is 1. The minimum atomic E-state index is -0.827. The van der Waals surface area contributed by atoms with Crippen LogP contribution in [0.4, 0.5) is 0 Å². The Kier molecular flexibility index (Phi) is 2.91. The molecule has 0 radical (unpaired) electrons.